The fourth-order valence-electron chi connectivity index (χ4n) is 4.76. The average Bonchev–Trinajstić information content (AvgIpc) is 2.81. The van der Waals surface area contributed by atoms with Crippen molar-refractivity contribution in [2.75, 3.05) is 20.3 Å². The molecule has 2 rings (SSSR count). The second-order valence-corrected chi connectivity index (χ2v) is 9.54. The summed E-state index contributed by atoms with van der Waals surface area (Å²) in [6, 6.07) is -0.0716. The molecular formula is C25H44F2N4O2. The van der Waals surface area contributed by atoms with Crippen LogP contribution in [0, 0.1) is 11.8 Å². The van der Waals surface area contributed by atoms with Gasteiger partial charge in [0.1, 0.15) is 12.3 Å². The number of hydrogen-bond acceptors (Lipinski definition) is 4. The number of carbonyl (C=O) groups is 1. The lowest BCUT2D eigenvalue weighted by atomic mass is 9.82. The van der Waals surface area contributed by atoms with Crippen LogP contribution in [0.5, 0.6) is 0 Å². The third-order valence-corrected chi connectivity index (χ3v) is 6.89. The number of rotatable bonds is 10. The molecule has 2 atom stereocenters. The van der Waals surface area contributed by atoms with E-state index in [4.69, 9.17) is 9.73 Å². The molecule has 2 aliphatic carbocycles. The van der Waals surface area contributed by atoms with E-state index in [0.29, 0.717) is 63.6 Å². The molecule has 0 heterocycles. The highest BCUT2D eigenvalue weighted by Gasteiger charge is 2.28. The number of hydrogen-bond donors (Lipinski definition) is 2. The fraction of sp³-hybridized carbons (Fsp3) is 0.880. The first-order valence-electron chi connectivity index (χ1n) is 12.8. The van der Waals surface area contributed by atoms with Gasteiger partial charge in [0.05, 0.1) is 12.6 Å². The largest absolute Gasteiger partial charge is 0.380 e. The SMILES string of the molecule is CCOC[C@H](C)N=C(NC(=O)C1CCC(F)CC1)NC(CC)CC(=NC)C1CCC(F)CC1. The number of guanidine groups is 1. The Morgan fingerprint density at radius 2 is 1.58 bits per heavy atom. The summed E-state index contributed by atoms with van der Waals surface area (Å²) in [4.78, 5) is 22.1. The normalized spacial score (nSPS) is 28.8. The Labute approximate surface area is 198 Å². The fourth-order valence-corrected chi connectivity index (χ4v) is 4.76. The maximum absolute atomic E-state index is 13.6. The predicted molar refractivity (Wildman–Crippen MR) is 130 cm³/mol. The first-order valence-corrected chi connectivity index (χ1v) is 12.8. The summed E-state index contributed by atoms with van der Waals surface area (Å²) in [5.41, 5.74) is 1.11. The van der Waals surface area contributed by atoms with Gasteiger partial charge in [-0.2, -0.15) is 0 Å². The Morgan fingerprint density at radius 3 is 2.09 bits per heavy atom. The number of alkyl halides is 2. The molecular weight excluding hydrogens is 426 g/mol. The van der Waals surface area contributed by atoms with Crippen molar-refractivity contribution in [2.45, 2.75) is 109 Å². The maximum Gasteiger partial charge on any atom is 0.229 e. The van der Waals surface area contributed by atoms with Crippen LogP contribution in [-0.4, -0.2) is 62.3 Å². The Balaban J connectivity index is 2.05. The molecule has 190 valence electrons. The van der Waals surface area contributed by atoms with Crippen LogP contribution >= 0.6 is 0 Å². The van der Waals surface area contributed by atoms with Crippen molar-refractivity contribution in [2.24, 2.45) is 21.8 Å². The van der Waals surface area contributed by atoms with Gasteiger partial charge < -0.3 is 10.1 Å². The Morgan fingerprint density at radius 1 is 1.00 bits per heavy atom. The zero-order valence-electron chi connectivity index (χ0n) is 20.9. The van der Waals surface area contributed by atoms with Gasteiger partial charge in [-0.15, -0.1) is 0 Å². The molecule has 0 aromatic rings. The van der Waals surface area contributed by atoms with Crippen molar-refractivity contribution in [1.82, 2.24) is 10.6 Å². The molecule has 2 N–H and O–H groups in total. The number of carbonyl (C=O) groups excluding carboxylic acids is 1. The van der Waals surface area contributed by atoms with E-state index in [2.05, 4.69) is 22.5 Å². The minimum atomic E-state index is -0.796. The number of nitrogens with zero attached hydrogens (tertiary/aromatic N) is 2. The molecule has 0 radical (unpaired) electrons. The van der Waals surface area contributed by atoms with Crippen LogP contribution in [-0.2, 0) is 9.53 Å². The molecule has 2 aliphatic rings. The van der Waals surface area contributed by atoms with Gasteiger partial charge >= 0.3 is 0 Å². The van der Waals surface area contributed by atoms with Crippen molar-refractivity contribution >= 4 is 17.6 Å². The molecule has 2 saturated carbocycles. The molecule has 33 heavy (non-hydrogen) atoms. The smallest absolute Gasteiger partial charge is 0.229 e. The summed E-state index contributed by atoms with van der Waals surface area (Å²) in [6.45, 7) is 7.06. The van der Waals surface area contributed by atoms with Crippen LogP contribution in [0.3, 0.4) is 0 Å². The predicted octanol–water partition coefficient (Wildman–Crippen LogP) is 4.77. The highest BCUT2D eigenvalue weighted by Crippen LogP contribution is 2.29. The van der Waals surface area contributed by atoms with E-state index in [0.717, 1.165) is 31.4 Å². The summed E-state index contributed by atoms with van der Waals surface area (Å²) in [7, 11) is 1.81. The molecule has 0 spiro atoms. The minimum absolute atomic E-state index is 0.0479. The quantitative estimate of drug-likeness (QED) is 0.357. The zero-order valence-corrected chi connectivity index (χ0v) is 20.9. The first-order chi connectivity index (χ1) is 15.9. The Hall–Kier alpha value is -1.57. The standard InChI is InChI=1S/C25H44F2N4O2/c1-5-22(15-23(28-4)18-7-11-20(26)12-8-18)30-25(29-17(3)16-33-6-2)31-24(32)19-9-13-21(27)14-10-19/h17-22H,5-16H2,1-4H3,(H2,29,30,31,32)/t17-,18?,19?,20?,21?,22?/m0/s1. The van der Waals surface area contributed by atoms with E-state index < -0.39 is 12.3 Å². The highest BCUT2D eigenvalue weighted by molar-refractivity contribution is 5.98. The van der Waals surface area contributed by atoms with Crippen LogP contribution in [0.25, 0.3) is 0 Å². The monoisotopic (exact) mass is 470 g/mol. The molecule has 0 bridgehead atoms. The van der Waals surface area contributed by atoms with Crippen LogP contribution < -0.4 is 10.6 Å². The molecule has 0 aromatic carbocycles. The molecule has 0 saturated heterocycles. The lowest BCUT2D eigenvalue weighted by molar-refractivity contribution is -0.124. The molecule has 1 unspecified atom stereocenters. The Kier molecular flexibility index (Phi) is 12.3. The molecule has 6 nitrogen and oxygen atoms in total. The zero-order chi connectivity index (χ0) is 24.2. The first kappa shape index (κ1) is 27.7. The van der Waals surface area contributed by atoms with Crippen LogP contribution in [0.2, 0.25) is 0 Å². The second-order valence-electron chi connectivity index (χ2n) is 9.54. The second kappa shape index (κ2) is 14.6. The summed E-state index contributed by atoms with van der Waals surface area (Å²) in [5.74, 6) is 0.483. The van der Waals surface area contributed by atoms with E-state index in [-0.39, 0.29) is 23.9 Å². The van der Waals surface area contributed by atoms with Gasteiger partial charge in [-0.25, -0.2) is 13.8 Å². The van der Waals surface area contributed by atoms with Gasteiger partial charge in [0.25, 0.3) is 0 Å². The summed E-state index contributed by atoms with van der Waals surface area (Å²) >= 11 is 0. The minimum Gasteiger partial charge on any atom is -0.380 e. The summed E-state index contributed by atoms with van der Waals surface area (Å²) < 4.78 is 32.6. The lowest BCUT2D eigenvalue weighted by Crippen LogP contribution is -2.49. The van der Waals surface area contributed by atoms with Crippen molar-refractivity contribution in [1.29, 1.82) is 0 Å². The van der Waals surface area contributed by atoms with Crippen LogP contribution in [0.4, 0.5) is 8.78 Å². The van der Waals surface area contributed by atoms with Gasteiger partial charge in [0.15, 0.2) is 5.96 Å². The number of nitrogens with one attached hydrogen (secondary N) is 2. The van der Waals surface area contributed by atoms with E-state index >= 15 is 0 Å². The highest BCUT2D eigenvalue weighted by atomic mass is 19.1. The van der Waals surface area contributed by atoms with E-state index in [1.54, 1.807) is 0 Å². The van der Waals surface area contributed by atoms with E-state index in [1.807, 2.05) is 20.9 Å². The number of amides is 1. The van der Waals surface area contributed by atoms with Crippen molar-refractivity contribution in [3.63, 3.8) is 0 Å². The van der Waals surface area contributed by atoms with Crippen molar-refractivity contribution < 1.29 is 18.3 Å². The van der Waals surface area contributed by atoms with Crippen LogP contribution in [0.1, 0.15) is 85.0 Å². The third kappa shape index (κ3) is 9.67. The van der Waals surface area contributed by atoms with Gasteiger partial charge in [-0.1, -0.05) is 6.92 Å². The van der Waals surface area contributed by atoms with E-state index in [1.165, 1.54) is 0 Å². The summed E-state index contributed by atoms with van der Waals surface area (Å²) in [6.07, 6.45) is 4.97. The van der Waals surface area contributed by atoms with Gasteiger partial charge in [-0.05, 0) is 77.6 Å². The molecule has 2 fully saturated rings. The third-order valence-electron chi connectivity index (χ3n) is 6.89. The number of halogens is 2. The molecule has 0 aromatic heterocycles. The maximum atomic E-state index is 13.6. The van der Waals surface area contributed by atoms with Crippen molar-refractivity contribution in [3.8, 4) is 0 Å². The van der Waals surface area contributed by atoms with Crippen LogP contribution in [0.15, 0.2) is 9.98 Å². The van der Waals surface area contributed by atoms with Gasteiger partial charge in [0.2, 0.25) is 5.91 Å². The number of aliphatic imine (C=N–C) groups is 2. The number of ether oxygens (including phenoxy) is 1. The topological polar surface area (TPSA) is 75.1 Å². The molecule has 1 amide bonds. The Bertz CT molecular complexity index is 642. The van der Waals surface area contributed by atoms with E-state index in [9.17, 15) is 13.6 Å². The average molecular weight is 471 g/mol. The van der Waals surface area contributed by atoms with Crippen molar-refractivity contribution in [3.05, 3.63) is 0 Å². The lowest BCUT2D eigenvalue weighted by Gasteiger charge is -2.29. The van der Waals surface area contributed by atoms with Gasteiger partial charge in [0, 0.05) is 37.7 Å². The van der Waals surface area contributed by atoms with Gasteiger partial charge in [-0.3, -0.25) is 15.1 Å². The molecule has 8 heteroatoms. The summed E-state index contributed by atoms with van der Waals surface area (Å²) in [5, 5.41) is 6.42. The molecule has 0 aliphatic heterocycles.